The molecule has 0 saturated carbocycles. The van der Waals surface area contributed by atoms with Gasteiger partial charge in [0.05, 0.1) is 23.1 Å². The molecule has 2 aliphatic rings. The van der Waals surface area contributed by atoms with Gasteiger partial charge in [-0.15, -0.1) is 0 Å². The van der Waals surface area contributed by atoms with Crippen molar-refractivity contribution in [3.8, 4) is 0 Å². The van der Waals surface area contributed by atoms with Crippen LogP contribution in [0.15, 0.2) is 54.6 Å². The molecular weight excluding hydrogens is 388 g/mol. The summed E-state index contributed by atoms with van der Waals surface area (Å²) in [6.07, 6.45) is 4.49. The Morgan fingerprint density at radius 2 is 1.86 bits per heavy atom. The van der Waals surface area contributed by atoms with E-state index in [9.17, 15) is 14.4 Å². The Labute approximate surface area is 174 Å². The molecule has 0 bridgehead atoms. The maximum Gasteiger partial charge on any atom is 0.257 e. The van der Waals surface area contributed by atoms with Crippen LogP contribution >= 0.6 is 11.6 Å². The number of amides is 3. The van der Waals surface area contributed by atoms with Crippen LogP contribution in [0.1, 0.15) is 29.3 Å². The zero-order valence-electron chi connectivity index (χ0n) is 16.2. The minimum atomic E-state index is -0.396. The lowest BCUT2D eigenvalue weighted by molar-refractivity contribution is -0.122. The molecule has 2 aromatic carbocycles. The quantitative estimate of drug-likeness (QED) is 0.596. The molecule has 1 N–H and O–H groups in total. The Balaban J connectivity index is 1.69. The summed E-state index contributed by atoms with van der Waals surface area (Å²) >= 11 is 6.15. The van der Waals surface area contributed by atoms with Crippen LogP contribution in [0, 0.1) is 24.7 Å². The number of allylic oxidation sites excluding steroid dienone is 2. The second-order valence-corrected chi connectivity index (χ2v) is 7.96. The average Bonchev–Trinajstić information content (AvgIpc) is 2.97. The van der Waals surface area contributed by atoms with E-state index in [1.54, 1.807) is 42.5 Å². The molecule has 3 atom stereocenters. The molecule has 1 aliphatic carbocycles. The molecule has 0 aromatic heterocycles. The van der Waals surface area contributed by atoms with Gasteiger partial charge in [0.1, 0.15) is 0 Å². The predicted octanol–water partition coefficient (Wildman–Crippen LogP) is 4.60. The lowest BCUT2D eigenvalue weighted by atomic mass is 9.78. The van der Waals surface area contributed by atoms with Gasteiger partial charge in [-0.25, -0.2) is 4.90 Å². The molecule has 148 valence electrons. The Morgan fingerprint density at radius 3 is 2.62 bits per heavy atom. The lowest BCUT2D eigenvalue weighted by Crippen LogP contribution is -2.33. The summed E-state index contributed by atoms with van der Waals surface area (Å²) in [6.45, 7) is 3.76. The molecule has 2 aromatic rings. The fourth-order valence-electron chi connectivity index (χ4n) is 4.18. The molecule has 29 heavy (non-hydrogen) atoms. The van der Waals surface area contributed by atoms with E-state index in [0.717, 1.165) is 5.56 Å². The fraction of sp³-hybridized carbons (Fsp3) is 0.261. The highest BCUT2D eigenvalue weighted by atomic mass is 35.5. The number of rotatable bonds is 3. The normalized spacial score (nSPS) is 23.3. The van der Waals surface area contributed by atoms with Gasteiger partial charge < -0.3 is 5.32 Å². The largest absolute Gasteiger partial charge is 0.322 e. The second kappa shape index (κ2) is 7.48. The molecule has 6 heteroatoms. The predicted molar refractivity (Wildman–Crippen MR) is 113 cm³/mol. The van der Waals surface area contributed by atoms with Gasteiger partial charge in [-0.05, 0) is 49.1 Å². The highest BCUT2D eigenvalue weighted by Crippen LogP contribution is 2.41. The standard InChI is InChI=1S/C23H21ClN2O3/c1-13-7-5-9-16-20(13)23(29)26(22(16)28)19-12-4-3-8-15(19)21(27)25-18-11-6-10-17(24)14(18)2/h3-8,10-13,16,20H,9H2,1-2H3,(H,25,27)/t13-,16+,20-/m0/s1. The maximum absolute atomic E-state index is 13.1. The number of nitrogens with zero attached hydrogens (tertiary/aromatic N) is 1. The second-order valence-electron chi connectivity index (χ2n) is 7.55. The Bertz CT molecular complexity index is 1050. The Hall–Kier alpha value is -2.92. The summed E-state index contributed by atoms with van der Waals surface area (Å²) in [6, 6.07) is 12.0. The molecule has 1 saturated heterocycles. The first kappa shape index (κ1) is 19.4. The number of hydrogen-bond donors (Lipinski definition) is 1. The summed E-state index contributed by atoms with van der Waals surface area (Å²) in [5, 5.41) is 3.40. The molecule has 4 rings (SSSR count). The van der Waals surface area contributed by atoms with Crippen LogP contribution in [0.3, 0.4) is 0 Å². The minimum absolute atomic E-state index is 0.00898. The molecule has 0 radical (unpaired) electrons. The zero-order chi connectivity index (χ0) is 20.7. The summed E-state index contributed by atoms with van der Waals surface area (Å²) in [5.41, 5.74) is 1.93. The van der Waals surface area contributed by atoms with E-state index < -0.39 is 5.91 Å². The summed E-state index contributed by atoms with van der Waals surface area (Å²) in [4.78, 5) is 40.4. The van der Waals surface area contributed by atoms with Crippen LogP contribution in [0.2, 0.25) is 5.02 Å². The van der Waals surface area contributed by atoms with E-state index in [1.807, 2.05) is 26.0 Å². The third kappa shape index (κ3) is 3.25. The van der Waals surface area contributed by atoms with Crippen LogP contribution in [0.25, 0.3) is 0 Å². The molecule has 1 aliphatic heterocycles. The number of fused-ring (bicyclic) bond motifs is 1. The first-order chi connectivity index (χ1) is 13.9. The SMILES string of the molecule is Cc1c(Cl)cccc1NC(=O)c1ccccc1N1C(=O)[C@H]2[C@@H](C)C=CC[C@H]2C1=O. The third-order valence-electron chi connectivity index (χ3n) is 5.78. The van der Waals surface area contributed by atoms with Gasteiger partial charge in [-0.1, -0.05) is 48.9 Å². The van der Waals surface area contributed by atoms with E-state index in [2.05, 4.69) is 5.32 Å². The van der Waals surface area contributed by atoms with E-state index in [0.29, 0.717) is 22.8 Å². The van der Waals surface area contributed by atoms with Crippen molar-refractivity contribution in [2.75, 3.05) is 10.2 Å². The summed E-state index contributed by atoms with van der Waals surface area (Å²) in [5.74, 6) is -1.63. The number of para-hydroxylation sites is 1. The number of anilines is 2. The van der Waals surface area contributed by atoms with Gasteiger partial charge >= 0.3 is 0 Å². The van der Waals surface area contributed by atoms with E-state index in [1.165, 1.54) is 4.90 Å². The monoisotopic (exact) mass is 408 g/mol. The molecule has 0 unspecified atom stereocenters. The van der Waals surface area contributed by atoms with Gasteiger partial charge in [0, 0.05) is 10.7 Å². The first-order valence-electron chi connectivity index (χ1n) is 9.60. The van der Waals surface area contributed by atoms with Crippen molar-refractivity contribution in [2.45, 2.75) is 20.3 Å². The Morgan fingerprint density at radius 1 is 1.10 bits per heavy atom. The maximum atomic E-state index is 13.1. The van der Waals surface area contributed by atoms with Crippen LogP contribution in [-0.4, -0.2) is 17.7 Å². The molecule has 5 nitrogen and oxygen atoms in total. The summed E-state index contributed by atoms with van der Waals surface area (Å²) in [7, 11) is 0. The van der Waals surface area contributed by atoms with Crippen molar-refractivity contribution >= 4 is 40.7 Å². The Kier molecular flexibility index (Phi) is 5.01. The van der Waals surface area contributed by atoms with Crippen molar-refractivity contribution in [1.29, 1.82) is 0 Å². The molecule has 0 spiro atoms. The molecular formula is C23H21ClN2O3. The van der Waals surface area contributed by atoms with Gasteiger partial charge in [0.2, 0.25) is 11.8 Å². The number of benzene rings is 2. The smallest absolute Gasteiger partial charge is 0.257 e. The van der Waals surface area contributed by atoms with Crippen molar-refractivity contribution in [1.82, 2.24) is 0 Å². The van der Waals surface area contributed by atoms with Gasteiger partial charge in [-0.3, -0.25) is 14.4 Å². The topological polar surface area (TPSA) is 66.5 Å². The van der Waals surface area contributed by atoms with Crippen LogP contribution in [-0.2, 0) is 9.59 Å². The summed E-state index contributed by atoms with van der Waals surface area (Å²) < 4.78 is 0. The number of halogens is 1. The number of carbonyl (C=O) groups is 3. The lowest BCUT2D eigenvalue weighted by Gasteiger charge is -2.22. The van der Waals surface area contributed by atoms with Gasteiger partial charge in [0.15, 0.2) is 0 Å². The molecule has 3 amide bonds. The highest BCUT2D eigenvalue weighted by molar-refractivity contribution is 6.32. The van der Waals surface area contributed by atoms with Crippen LogP contribution < -0.4 is 10.2 Å². The number of carbonyl (C=O) groups excluding carboxylic acids is 3. The van der Waals surface area contributed by atoms with Crippen molar-refractivity contribution in [3.63, 3.8) is 0 Å². The molecule has 1 heterocycles. The van der Waals surface area contributed by atoms with Crippen molar-refractivity contribution in [3.05, 3.63) is 70.8 Å². The number of nitrogens with one attached hydrogen (secondary N) is 1. The van der Waals surface area contributed by atoms with Gasteiger partial charge in [-0.2, -0.15) is 0 Å². The minimum Gasteiger partial charge on any atom is -0.322 e. The zero-order valence-corrected chi connectivity index (χ0v) is 16.9. The third-order valence-corrected chi connectivity index (χ3v) is 6.19. The van der Waals surface area contributed by atoms with Crippen molar-refractivity contribution < 1.29 is 14.4 Å². The average molecular weight is 409 g/mol. The van der Waals surface area contributed by atoms with Crippen LogP contribution in [0.5, 0.6) is 0 Å². The molecule has 1 fully saturated rings. The number of imide groups is 1. The highest BCUT2D eigenvalue weighted by Gasteiger charge is 2.51. The number of hydrogen-bond acceptors (Lipinski definition) is 3. The first-order valence-corrected chi connectivity index (χ1v) is 9.98. The van der Waals surface area contributed by atoms with Crippen molar-refractivity contribution in [2.24, 2.45) is 17.8 Å². The fourth-order valence-corrected chi connectivity index (χ4v) is 4.35. The van der Waals surface area contributed by atoms with Gasteiger partial charge in [0.25, 0.3) is 5.91 Å². The van der Waals surface area contributed by atoms with Crippen LogP contribution in [0.4, 0.5) is 11.4 Å². The van der Waals surface area contributed by atoms with E-state index in [4.69, 9.17) is 11.6 Å². The van der Waals surface area contributed by atoms with E-state index in [-0.39, 0.29) is 35.1 Å². The van der Waals surface area contributed by atoms with E-state index >= 15 is 0 Å².